The lowest BCUT2D eigenvalue weighted by Crippen LogP contribution is -2.20. The van der Waals surface area contributed by atoms with Gasteiger partial charge < -0.3 is 14.5 Å². The highest BCUT2D eigenvalue weighted by atomic mass is 32.1. The molecule has 8 nitrogen and oxygen atoms in total. The second-order valence-corrected chi connectivity index (χ2v) is 6.64. The van der Waals surface area contributed by atoms with Gasteiger partial charge in [0, 0.05) is 0 Å². The third kappa shape index (κ3) is 3.58. The molecule has 0 fully saturated rings. The maximum atomic E-state index is 12.1. The summed E-state index contributed by atoms with van der Waals surface area (Å²) >= 11 is 1.31. The lowest BCUT2D eigenvalue weighted by molar-refractivity contribution is -0.119. The lowest BCUT2D eigenvalue weighted by atomic mass is 10.2. The number of H-pyrrole nitrogens is 1. The van der Waals surface area contributed by atoms with E-state index < -0.39 is 18.5 Å². The number of nitrogens with one attached hydrogen (secondary N) is 2. The maximum Gasteiger partial charge on any atom is 0.338 e. The van der Waals surface area contributed by atoms with Crippen molar-refractivity contribution < 1.29 is 19.1 Å². The average Bonchev–Trinajstić information content (AvgIpc) is 3.30. The smallest absolute Gasteiger partial charge is 0.338 e. The van der Waals surface area contributed by atoms with Crippen molar-refractivity contribution in [2.75, 3.05) is 19.0 Å². The van der Waals surface area contributed by atoms with Crippen LogP contribution in [0.25, 0.3) is 21.3 Å². The van der Waals surface area contributed by atoms with Gasteiger partial charge in [-0.05, 0) is 36.4 Å². The number of benzene rings is 2. The number of carbonyl (C=O) groups is 2. The van der Waals surface area contributed by atoms with Gasteiger partial charge in [0.15, 0.2) is 11.7 Å². The molecule has 0 saturated carbocycles. The molecule has 136 valence electrons. The lowest BCUT2D eigenvalue weighted by Gasteiger charge is -2.04. The number of aromatic amines is 1. The molecule has 9 heteroatoms. The summed E-state index contributed by atoms with van der Waals surface area (Å²) in [6.45, 7) is -0.404. The Bertz CT molecular complexity index is 1150. The van der Waals surface area contributed by atoms with Crippen LogP contribution in [-0.2, 0) is 9.53 Å². The van der Waals surface area contributed by atoms with Crippen molar-refractivity contribution in [2.24, 2.45) is 0 Å². The van der Waals surface area contributed by atoms with E-state index in [0.29, 0.717) is 16.4 Å². The first-order valence-electron chi connectivity index (χ1n) is 7.97. The number of hydrogen-bond donors (Lipinski definition) is 2. The van der Waals surface area contributed by atoms with Gasteiger partial charge >= 0.3 is 5.97 Å². The number of amides is 1. The van der Waals surface area contributed by atoms with Crippen LogP contribution in [0.2, 0.25) is 0 Å². The molecule has 2 heterocycles. The Balaban J connectivity index is 1.38. The first kappa shape index (κ1) is 17.0. The second-order valence-electron chi connectivity index (χ2n) is 5.61. The van der Waals surface area contributed by atoms with Gasteiger partial charge in [0.25, 0.3) is 5.91 Å². The Kier molecular flexibility index (Phi) is 4.43. The first-order chi connectivity index (χ1) is 13.1. The minimum Gasteiger partial charge on any atom is -0.497 e. The van der Waals surface area contributed by atoms with Crippen molar-refractivity contribution in [2.45, 2.75) is 0 Å². The summed E-state index contributed by atoms with van der Waals surface area (Å²) in [5.41, 5.74) is 2.56. The van der Waals surface area contributed by atoms with Gasteiger partial charge in [-0.2, -0.15) is 0 Å². The monoisotopic (exact) mass is 382 g/mol. The molecule has 2 aromatic heterocycles. The molecule has 0 saturated heterocycles. The van der Waals surface area contributed by atoms with E-state index in [4.69, 9.17) is 9.47 Å². The number of fused-ring (bicyclic) bond motifs is 2. The van der Waals surface area contributed by atoms with Crippen molar-refractivity contribution in [3.05, 3.63) is 48.3 Å². The summed E-state index contributed by atoms with van der Waals surface area (Å²) in [7, 11) is 1.59. The number of rotatable bonds is 5. The molecule has 0 bridgehead atoms. The van der Waals surface area contributed by atoms with Crippen LogP contribution in [0.1, 0.15) is 10.4 Å². The Labute approximate surface area is 157 Å². The Hall–Kier alpha value is -3.46. The summed E-state index contributed by atoms with van der Waals surface area (Å²) < 4.78 is 11.1. The van der Waals surface area contributed by atoms with Crippen LogP contribution < -0.4 is 10.1 Å². The van der Waals surface area contributed by atoms with Crippen LogP contribution in [0.4, 0.5) is 5.13 Å². The number of hydrogen-bond acceptors (Lipinski definition) is 7. The number of esters is 1. The molecule has 2 aromatic carbocycles. The molecule has 27 heavy (non-hydrogen) atoms. The zero-order chi connectivity index (χ0) is 18.8. The van der Waals surface area contributed by atoms with E-state index in [0.717, 1.165) is 21.3 Å². The fourth-order valence-electron chi connectivity index (χ4n) is 2.52. The fraction of sp³-hybridized carbons (Fsp3) is 0.111. The number of ether oxygens (including phenoxy) is 2. The predicted molar refractivity (Wildman–Crippen MR) is 101 cm³/mol. The van der Waals surface area contributed by atoms with Crippen LogP contribution in [0.5, 0.6) is 5.75 Å². The van der Waals surface area contributed by atoms with Crippen molar-refractivity contribution in [3.8, 4) is 5.75 Å². The predicted octanol–water partition coefficient (Wildman–Crippen LogP) is 2.98. The van der Waals surface area contributed by atoms with Gasteiger partial charge in [0.2, 0.25) is 0 Å². The molecular weight excluding hydrogens is 368 g/mol. The van der Waals surface area contributed by atoms with Crippen LogP contribution in [-0.4, -0.2) is 40.5 Å². The fourth-order valence-corrected chi connectivity index (χ4v) is 3.43. The van der Waals surface area contributed by atoms with Gasteiger partial charge in [0.1, 0.15) is 5.75 Å². The van der Waals surface area contributed by atoms with Crippen molar-refractivity contribution in [1.82, 2.24) is 15.0 Å². The quantitative estimate of drug-likeness (QED) is 0.514. The van der Waals surface area contributed by atoms with Crippen molar-refractivity contribution in [1.29, 1.82) is 0 Å². The normalized spacial score (nSPS) is 10.9. The number of carbonyl (C=O) groups excluding carboxylic acids is 2. The van der Waals surface area contributed by atoms with Gasteiger partial charge in [0.05, 0.1) is 40.3 Å². The van der Waals surface area contributed by atoms with E-state index in [2.05, 4.69) is 20.3 Å². The van der Waals surface area contributed by atoms with Gasteiger partial charge in [-0.15, -0.1) is 0 Å². The highest BCUT2D eigenvalue weighted by Gasteiger charge is 2.13. The number of anilines is 1. The van der Waals surface area contributed by atoms with E-state index in [1.807, 2.05) is 12.1 Å². The SMILES string of the molecule is COc1ccc2nc(NC(=O)COC(=O)c3ccc4nc[nH]c4c3)sc2c1. The van der Waals surface area contributed by atoms with E-state index in [-0.39, 0.29) is 0 Å². The number of methoxy groups -OCH3 is 1. The molecule has 0 atom stereocenters. The third-order valence-electron chi connectivity index (χ3n) is 3.83. The van der Waals surface area contributed by atoms with Crippen molar-refractivity contribution >= 4 is 49.6 Å². The molecule has 4 aromatic rings. The summed E-state index contributed by atoms with van der Waals surface area (Å²) in [6.07, 6.45) is 1.54. The minimum absolute atomic E-state index is 0.339. The summed E-state index contributed by atoms with van der Waals surface area (Å²) in [5.74, 6) is -0.333. The number of aromatic nitrogens is 3. The summed E-state index contributed by atoms with van der Waals surface area (Å²) in [4.78, 5) is 35.5. The zero-order valence-electron chi connectivity index (χ0n) is 14.2. The highest BCUT2D eigenvalue weighted by molar-refractivity contribution is 7.22. The molecule has 0 aliphatic carbocycles. The number of imidazole rings is 1. The molecular formula is C18H14N4O4S. The second kappa shape index (κ2) is 7.04. The van der Waals surface area contributed by atoms with Gasteiger partial charge in [-0.3, -0.25) is 10.1 Å². The standard InChI is InChI=1S/C18H14N4O4S/c1-25-11-3-5-13-15(7-11)27-18(21-13)22-16(23)8-26-17(24)10-2-4-12-14(6-10)20-9-19-12/h2-7,9H,8H2,1H3,(H,19,20)(H,21,22,23). The van der Waals surface area contributed by atoms with E-state index in [1.54, 1.807) is 37.7 Å². The minimum atomic E-state index is -0.587. The van der Waals surface area contributed by atoms with E-state index in [1.165, 1.54) is 11.3 Å². The van der Waals surface area contributed by atoms with Crippen LogP contribution in [0, 0.1) is 0 Å². The molecule has 0 unspecified atom stereocenters. The van der Waals surface area contributed by atoms with Crippen LogP contribution in [0.15, 0.2) is 42.7 Å². The van der Waals surface area contributed by atoms with E-state index >= 15 is 0 Å². The maximum absolute atomic E-state index is 12.1. The van der Waals surface area contributed by atoms with Crippen LogP contribution in [0.3, 0.4) is 0 Å². The van der Waals surface area contributed by atoms with Gasteiger partial charge in [-0.25, -0.2) is 14.8 Å². The molecule has 0 spiro atoms. The Morgan fingerprint density at radius 2 is 2.04 bits per heavy atom. The third-order valence-corrected chi connectivity index (χ3v) is 4.77. The highest BCUT2D eigenvalue weighted by Crippen LogP contribution is 2.29. The van der Waals surface area contributed by atoms with Crippen molar-refractivity contribution in [3.63, 3.8) is 0 Å². The van der Waals surface area contributed by atoms with Crippen LogP contribution >= 0.6 is 11.3 Å². The molecule has 4 rings (SSSR count). The molecule has 2 N–H and O–H groups in total. The summed E-state index contributed by atoms with van der Waals surface area (Å²) in [6, 6.07) is 10.4. The Morgan fingerprint density at radius 3 is 2.89 bits per heavy atom. The molecule has 0 radical (unpaired) electrons. The van der Waals surface area contributed by atoms with E-state index in [9.17, 15) is 9.59 Å². The topological polar surface area (TPSA) is 106 Å². The number of nitrogens with zero attached hydrogens (tertiary/aromatic N) is 2. The first-order valence-corrected chi connectivity index (χ1v) is 8.79. The molecule has 1 amide bonds. The largest absolute Gasteiger partial charge is 0.497 e. The average molecular weight is 382 g/mol. The van der Waals surface area contributed by atoms with Gasteiger partial charge in [-0.1, -0.05) is 11.3 Å². The zero-order valence-corrected chi connectivity index (χ0v) is 15.0. The summed E-state index contributed by atoms with van der Waals surface area (Å²) in [5, 5.41) is 3.06. The Morgan fingerprint density at radius 1 is 1.19 bits per heavy atom. The molecule has 0 aliphatic rings. The molecule has 0 aliphatic heterocycles. The number of thiazole rings is 1.